The Balaban J connectivity index is 1.36. The van der Waals surface area contributed by atoms with Gasteiger partial charge in [-0.3, -0.25) is 14.5 Å². The van der Waals surface area contributed by atoms with Crippen LogP contribution in [-0.4, -0.2) is 49.6 Å². The molecule has 0 spiro atoms. The fraction of sp³-hybridized carbons (Fsp3) is 0.391. The van der Waals surface area contributed by atoms with E-state index in [0.29, 0.717) is 31.2 Å². The zero-order chi connectivity index (χ0) is 20.5. The molecule has 2 amide bonds. The summed E-state index contributed by atoms with van der Waals surface area (Å²) >= 11 is 0. The highest BCUT2D eigenvalue weighted by atomic mass is 16.5. The fourth-order valence-electron chi connectivity index (χ4n) is 4.35. The molecule has 2 aromatic carbocycles. The predicted molar refractivity (Wildman–Crippen MR) is 110 cm³/mol. The Bertz CT molecular complexity index is 976. The van der Waals surface area contributed by atoms with Gasteiger partial charge in [0.25, 0.3) is 5.91 Å². The number of hydrogen-bond acceptors (Lipinski definition) is 5. The third-order valence-corrected chi connectivity index (χ3v) is 5.83. The Morgan fingerprint density at radius 2 is 1.80 bits per heavy atom. The van der Waals surface area contributed by atoms with Gasteiger partial charge in [0.05, 0.1) is 24.9 Å². The molecule has 2 aromatic rings. The molecule has 0 radical (unpaired) electrons. The highest BCUT2D eigenvalue weighted by Gasteiger charge is 2.34. The van der Waals surface area contributed by atoms with E-state index in [9.17, 15) is 9.59 Å². The van der Waals surface area contributed by atoms with Crippen molar-refractivity contribution in [3.63, 3.8) is 0 Å². The lowest BCUT2D eigenvalue weighted by atomic mass is 10.0. The van der Waals surface area contributed by atoms with Crippen LogP contribution in [0.4, 0.5) is 5.69 Å². The largest absolute Gasteiger partial charge is 0.490 e. The van der Waals surface area contributed by atoms with E-state index in [-0.39, 0.29) is 31.0 Å². The van der Waals surface area contributed by atoms with E-state index in [0.717, 1.165) is 36.3 Å². The number of amides is 2. The molecule has 156 valence electrons. The van der Waals surface area contributed by atoms with E-state index in [1.807, 2.05) is 47.4 Å². The van der Waals surface area contributed by atoms with Gasteiger partial charge < -0.3 is 19.1 Å². The van der Waals surface area contributed by atoms with Gasteiger partial charge in [-0.05, 0) is 42.7 Å². The third-order valence-electron chi connectivity index (χ3n) is 5.83. The smallest absolute Gasteiger partial charge is 0.265 e. The Hall–Kier alpha value is -3.22. The number of carbonyl (C=O) groups excluding carboxylic acids is 2. The molecule has 1 fully saturated rings. The van der Waals surface area contributed by atoms with Crippen LogP contribution in [0.15, 0.2) is 42.5 Å². The molecule has 0 aromatic heterocycles. The standard InChI is InChI=1S/C23H24N2O5/c26-22(14-25-18-5-1-2-7-19(18)30-15-23(25)27)24-10-3-6-17(24)16-8-9-20-21(13-16)29-12-4-11-28-20/h1-2,5,7-9,13,17H,3-4,6,10-12,14-15H2. The third kappa shape index (κ3) is 3.44. The number of likely N-dealkylation sites (tertiary alicyclic amines) is 1. The quantitative estimate of drug-likeness (QED) is 0.781. The molecule has 0 aliphatic carbocycles. The molecule has 1 saturated heterocycles. The molecule has 1 atom stereocenters. The van der Waals surface area contributed by atoms with Crippen molar-refractivity contribution in [1.82, 2.24) is 4.90 Å². The first-order valence-electron chi connectivity index (χ1n) is 10.4. The summed E-state index contributed by atoms with van der Waals surface area (Å²) in [6, 6.07) is 13.2. The fourth-order valence-corrected chi connectivity index (χ4v) is 4.35. The van der Waals surface area contributed by atoms with Gasteiger partial charge in [-0.25, -0.2) is 0 Å². The zero-order valence-corrected chi connectivity index (χ0v) is 16.7. The number of anilines is 1. The first-order valence-corrected chi connectivity index (χ1v) is 10.4. The van der Waals surface area contributed by atoms with Crippen LogP contribution in [0.1, 0.15) is 30.9 Å². The summed E-state index contributed by atoms with van der Waals surface area (Å²) in [7, 11) is 0. The Kier molecular flexibility index (Phi) is 4.94. The number of ether oxygens (including phenoxy) is 3. The van der Waals surface area contributed by atoms with Crippen molar-refractivity contribution >= 4 is 17.5 Å². The molecule has 7 heteroatoms. The summed E-state index contributed by atoms with van der Waals surface area (Å²) in [6.45, 7) is 1.92. The predicted octanol–water partition coefficient (Wildman–Crippen LogP) is 2.94. The molecule has 3 heterocycles. The minimum Gasteiger partial charge on any atom is -0.490 e. The first-order chi connectivity index (χ1) is 14.7. The number of benzene rings is 2. The molecular formula is C23H24N2O5. The van der Waals surface area contributed by atoms with Gasteiger partial charge in [0.2, 0.25) is 5.91 Å². The zero-order valence-electron chi connectivity index (χ0n) is 16.7. The first kappa shape index (κ1) is 18.8. The maximum Gasteiger partial charge on any atom is 0.265 e. The lowest BCUT2D eigenvalue weighted by Gasteiger charge is -2.32. The van der Waals surface area contributed by atoms with Crippen LogP contribution in [0, 0.1) is 0 Å². The van der Waals surface area contributed by atoms with Crippen LogP contribution in [0.2, 0.25) is 0 Å². The van der Waals surface area contributed by atoms with E-state index >= 15 is 0 Å². The van der Waals surface area contributed by atoms with Crippen LogP contribution in [0.5, 0.6) is 17.2 Å². The van der Waals surface area contributed by atoms with Gasteiger partial charge in [-0.2, -0.15) is 0 Å². The van der Waals surface area contributed by atoms with Crippen molar-refractivity contribution in [2.75, 3.05) is 37.8 Å². The second kappa shape index (κ2) is 7.89. The second-order valence-corrected chi connectivity index (χ2v) is 7.74. The average Bonchev–Trinajstić information content (AvgIpc) is 3.14. The topological polar surface area (TPSA) is 68.3 Å². The maximum absolute atomic E-state index is 13.2. The average molecular weight is 408 g/mol. The Morgan fingerprint density at radius 1 is 0.967 bits per heavy atom. The molecule has 5 rings (SSSR count). The minimum atomic E-state index is -0.201. The van der Waals surface area contributed by atoms with Crippen molar-refractivity contribution < 1.29 is 23.8 Å². The summed E-state index contributed by atoms with van der Waals surface area (Å²) in [5.74, 6) is 1.86. The van der Waals surface area contributed by atoms with Gasteiger partial charge in [0.15, 0.2) is 18.1 Å². The summed E-state index contributed by atoms with van der Waals surface area (Å²) in [6.07, 6.45) is 2.67. The summed E-state index contributed by atoms with van der Waals surface area (Å²) in [5.41, 5.74) is 1.69. The molecule has 1 unspecified atom stereocenters. The monoisotopic (exact) mass is 408 g/mol. The van der Waals surface area contributed by atoms with Gasteiger partial charge >= 0.3 is 0 Å². The van der Waals surface area contributed by atoms with Crippen LogP contribution in [0.3, 0.4) is 0 Å². The lowest BCUT2D eigenvalue weighted by molar-refractivity contribution is -0.132. The van der Waals surface area contributed by atoms with Crippen molar-refractivity contribution in [3.05, 3.63) is 48.0 Å². The van der Waals surface area contributed by atoms with Gasteiger partial charge in [-0.15, -0.1) is 0 Å². The van der Waals surface area contributed by atoms with E-state index in [4.69, 9.17) is 14.2 Å². The summed E-state index contributed by atoms with van der Waals surface area (Å²) in [4.78, 5) is 29.1. The summed E-state index contributed by atoms with van der Waals surface area (Å²) < 4.78 is 17.0. The van der Waals surface area contributed by atoms with E-state index < -0.39 is 0 Å². The van der Waals surface area contributed by atoms with Gasteiger partial charge in [-0.1, -0.05) is 18.2 Å². The van der Waals surface area contributed by atoms with Crippen molar-refractivity contribution in [2.24, 2.45) is 0 Å². The molecule has 7 nitrogen and oxygen atoms in total. The van der Waals surface area contributed by atoms with Crippen molar-refractivity contribution in [1.29, 1.82) is 0 Å². The molecule has 0 saturated carbocycles. The number of carbonyl (C=O) groups is 2. The van der Waals surface area contributed by atoms with E-state index in [1.54, 1.807) is 0 Å². The molecule has 0 N–H and O–H groups in total. The van der Waals surface area contributed by atoms with Crippen molar-refractivity contribution in [3.8, 4) is 17.2 Å². The summed E-state index contributed by atoms with van der Waals surface area (Å²) in [5, 5.41) is 0. The highest BCUT2D eigenvalue weighted by Crippen LogP contribution is 2.38. The van der Waals surface area contributed by atoms with E-state index in [2.05, 4.69) is 0 Å². The van der Waals surface area contributed by atoms with Crippen LogP contribution >= 0.6 is 0 Å². The van der Waals surface area contributed by atoms with Crippen LogP contribution in [-0.2, 0) is 9.59 Å². The SMILES string of the molecule is O=C1COc2ccccc2N1CC(=O)N1CCCC1c1ccc2c(c1)OCCCO2. The van der Waals surface area contributed by atoms with Gasteiger partial charge in [0.1, 0.15) is 12.3 Å². The number of hydrogen-bond donors (Lipinski definition) is 0. The maximum atomic E-state index is 13.2. The number of nitrogens with zero attached hydrogens (tertiary/aromatic N) is 2. The Labute approximate surface area is 175 Å². The molecule has 3 aliphatic heterocycles. The van der Waals surface area contributed by atoms with Crippen molar-refractivity contribution in [2.45, 2.75) is 25.3 Å². The molecule has 0 bridgehead atoms. The molecular weight excluding hydrogens is 384 g/mol. The van der Waals surface area contributed by atoms with Gasteiger partial charge in [0, 0.05) is 13.0 Å². The minimum absolute atomic E-state index is 0.0141. The second-order valence-electron chi connectivity index (χ2n) is 7.74. The highest BCUT2D eigenvalue weighted by molar-refractivity contribution is 6.02. The van der Waals surface area contributed by atoms with E-state index in [1.165, 1.54) is 4.90 Å². The Morgan fingerprint density at radius 3 is 2.70 bits per heavy atom. The van der Waals surface area contributed by atoms with Crippen LogP contribution < -0.4 is 19.1 Å². The van der Waals surface area contributed by atoms with Crippen LogP contribution in [0.25, 0.3) is 0 Å². The number of para-hydroxylation sites is 2. The lowest BCUT2D eigenvalue weighted by Crippen LogP contribution is -2.46. The molecule has 30 heavy (non-hydrogen) atoms. The number of fused-ring (bicyclic) bond motifs is 2. The number of rotatable bonds is 3. The molecule has 3 aliphatic rings. The normalized spacial score (nSPS) is 20.4.